The molecule has 0 aromatic heterocycles. The van der Waals surface area contributed by atoms with E-state index >= 15 is 0 Å². The molecule has 1 heterocycles. The van der Waals surface area contributed by atoms with Gasteiger partial charge in [0, 0.05) is 19.0 Å². The van der Waals surface area contributed by atoms with Crippen LogP contribution in [0.25, 0.3) is 0 Å². The fourth-order valence-corrected chi connectivity index (χ4v) is 3.21. The maximum atomic E-state index is 14.1. The first-order chi connectivity index (χ1) is 8.93. The Kier molecular flexibility index (Phi) is 4.39. The smallest absolute Gasteiger partial charge is 0.146 e. The third-order valence-electron chi connectivity index (χ3n) is 4.25. The minimum absolute atomic E-state index is 0.146. The molecule has 1 aromatic rings. The maximum absolute atomic E-state index is 14.1. The first kappa shape index (κ1) is 14.6. The van der Waals surface area contributed by atoms with Gasteiger partial charge >= 0.3 is 0 Å². The van der Waals surface area contributed by atoms with Gasteiger partial charge in [-0.05, 0) is 35.8 Å². The van der Waals surface area contributed by atoms with Crippen LogP contribution in [0.2, 0.25) is 0 Å². The van der Waals surface area contributed by atoms with Crippen molar-refractivity contribution in [3.8, 4) is 0 Å². The van der Waals surface area contributed by atoms with Crippen molar-refractivity contribution in [1.29, 1.82) is 0 Å². The van der Waals surface area contributed by atoms with Crippen LogP contribution in [0.15, 0.2) is 18.2 Å². The highest BCUT2D eigenvalue weighted by Gasteiger charge is 2.30. The topological polar surface area (TPSA) is 3.24 Å². The molecule has 0 unspecified atom stereocenters. The number of halogens is 2. The number of hydrogen-bond donors (Lipinski definition) is 0. The fourth-order valence-electron chi connectivity index (χ4n) is 2.99. The molecule has 0 N–H and O–H groups in total. The van der Waals surface area contributed by atoms with Gasteiger partial charge in [-0.25, -0.2) is 4.39 Å². The van der Waals surface area contributed by atoms with E-state index in [0.717, 1.165) is 37.4 Å². The first-order valence-electron chi connectivity index (χ1n) is 7.02. The van der Waals surface area contributed by atoms with Crippen LogP contribution in [-0.4, -0.2) is 13.1 Å². The van der Waals surface area contributed by atoms with Crippen LogP contribution in [0.4, 0.5) is 10.1 Å². The lowest BCUT2D eigenvalue weighted by atomic mass is 9.75. The molecular formula is C16H23ClFN. The lowest BCUT2D eigenvalue weighted by Gasteiger charge is -2.40. The van der Waals surface area contributed by atoms with Crippen LogP contribution in [0.1, 0.15) is 39.2 Å². The minimum atomic E-state index is -0.146. The van der Waals surface area contributed by atoms with Crippen molar-refractivity contribution in [2.45, 2.75) is 39.5 Å². The largest absolute Gasteiger partial charge is 0.369 e. The Balaban J connectivity index is 2.14. The fraction of sp³-hybridized carbons (Fsp3) is 0.625. The van der Waals surface area contributed by atoms with E-state index in [1.165, 1.54) is 6.07 Å². The van der Waals surface area contributed by atoms with Crippen LogP contribution in [0, 0.1) is 17.2 Å². The third kappa shape index (κ3) is 3.22. The van der Waals surface area contributed by atoms with E-state index in [-0.39, 0.29) is 5.82 Å². The Morgan fingerprint density at radius 2 is 1.89 bits per heavy atom. The molecule has 106 valence electrons. The predicted octanol–water partition coefficient (Wildman–Crippen LogP) is 4.83. The zero-order valence-corrected chi connectivity index (χ0v) is 12.8. The van der Waals surface area contributed by atoms with Crippen LogP contribution in [-0.2, 0) is 5.88 Å². The van der Waals surface area contributed by atoms with Gasteiger partial charge in [-0.2, -0.15) is 0 Å². The molecule has 0 amide bonds. The molecule has 1 fully saturated rings. The van der Waals surface area contributed by atoms with E-state index in [4.69, 9.17) is 11.6 Å². The summed E-state index contributed by atoms with van der Waals surface area (Å²) in [4.78, 5) is 2.16. The Morgan fingerprint density at radius 3 is 2.42 bits per heavy atom. The second-order valence-electron chi connectivity index (χ2n) is 6.51. The summed E-state index contributed by atoms with van der Waals surface area (Å²) in [5, 5.41) is 0. The molecule has 0 spiro atoms. The summed E-state index contributed by atoms with van der Waals surface area (Å²) in [5.74, 6) is 0.939. The third-order valence-corrected chi connectivity index (χ3v) is 4.54. The highest BCUT2D eigenvalue weighted by atomic mass is 35.5. The van der Waals surface area contributed by atoms with Gasteiger partial charge in [0.1, 0.15) is 5.82 Å². The van der Waals surface area contributed by atoms with Gasteiger partial charge in [-0.15, -0.1) is 11.6 Å². The van der Waals surface area contributed by atoms with E-state index < -0.39 is 0 Å². The maximum Gasteiger partial charge on any atom is 0.146 e. The van der Waals surface area contributed by atoms with Crippen molar-refractivity contribution in [3.05, 3.63) is 29.6 Å². The predicted molar refractivity (Wildman–Crippen MR) is 80.3 cm³/mol. The summed E-state index contributed by atoms with van der Waals surface area (Å²) in [6.45, 7) is 8.72. The lowest BCUT2D eigenvalue weighted by Crippen LogP contribution is -2.38. The summed E-state index contributed by atoms with van der Waals surface area (Å²) in [6, 6.07) is 5.18. The number of rotatable bonds is 2. The van der Waals surface area contributed by atoms with Crippen molar-refractivity contribution in [3.63, 3.8) is 0 Å². The lowest BCUT2D eigenvalue weighted by molar-refractivity contribution is 0.198. The molecule has 0 saturated carbocycles. The van der Waals surface area contributed by atoms with Crippen molar-refractivity contribution in [1.82, 2.24) is 0 Å². The van der Waals surface area contributed by atoms with Crippen LogP contribution < -0.4 is 4.90 Å². The molecule has 1 aromatic carbocycles. The summed E-state index contributed by atoms with van der Waals surface area (Å²) in [7, 11) is 0. The number of piperidine rings is 1. The average molecular weight is 284 g/mol. The molecule has 1 aliphatic rings. The van der Waals surface area contributed by atoms with Gasteiger partial charge in [0.25, 0.3) is 0 Å². The number of benzene rings is 1. The molecule has 3 heteroatoms. The van der Waals surface area contributed by atoms with Gasteiger partial charge in [0.2, 0.25) is 0 Å². The zero-order chi connectivity index (χ0) is 14.0. The van der Waals surface area contributed by atoms with Gasteiger partial charge in [-0.3, -0.25) is 0 Å². The van der Waals surface area contributed by atoms with Crippen molar-refractivity contribution >= 4 is 17.3 Å². The monoisotopic (exact) mass is 283 g/mol. The van der Waals surface area contributed by atoms with Gasteiger partial charge in [0.15, 0.2) is 0 Å². The quantitative estimate of drug-likeness (QED) is 0.703. The number of anilines is 1. The van der Waals surface area contributed by atoms with E-state index in [9.17, 15) is 4.39 Å². The highest BCUT2D eigenvalue weighted by molar-refractivity contribution is 6.17. The normalized spacial score (nSPS) is 17.8. The molecule has 19 heavy (non-hydrogen) atoms. The molecule has 2 rings (SSSR count). The van der Waals surface area contributed by atoms with Crippen molar-refractivity contribution in [2.75, 3.05) is 18.0 Å². The number of para-hydroxylation sites is 1. The zero-order valence-electron chi connectivity index (χ0n) is 12.0. The summed E-state index contributed by atoms with van der Waals surface area (Å²) < 4.78 is 14.1. The number of nitrogens with zero attached hydrogens (tertiary/aromatic N) is 1. The number of alkyl halides is 1. The SMILES string of the molecule is CC(C)(C)C1CCN(c2c(F)cccc2CCl)CC1. The molecular weight excluding hydrogens is 261 g/mol. The second-order valence-corrected chi connectivity index (χ2v) is 6.78. The molecule has 0 bridgehead atoms. The van der Waals surface area contributed by atoms with Gasteiger partial charge in [-0.1, -0.05) is 32.9 Å². The molecule has 0 radical (unpaired) electrons. The molecule has 1 aliphatic heterocycles. The summed E-state index contributed by atoms with van der Waals surface area (Å²) >= 11 is 5.93. The van der Waals surface area contributed by atoms with Gasteiger partial charge in [0.05, 0.1) is 5.69 Å². The molecule has 0 aliphatic carbocycles. The Morgan fingerprint density at radius 1 is 1.26 bits per heavy atom. The summed E-state index contributed by atoms with van der Waals surface area (Å²) in [5.41, 5.74) is 1.96. The Bertz CT molecular complexity index is 431. The van der Waals surface area contributed by atoms with Gasteiger partial charge < -0.3 is 4.90 Å². The van der Waals surface area contributed by atoms with E-state index in [1.54, 1.807) is 6.07 Å². The summed E-state index contributed by atoms with van der Waals surface area (Å²) in [6.07, 6.45) is 2.25. The molecule has 0 atom stereocenters. The second kappa shape index (κ2) is 5.70. The van der Waals surface area contributed by atoms with E-state index in [0.29, 0.717) is 17.0 Å². The van der Waals surface area contributed by atoms with Crippen LogP contribution >= 0.6 is 11.6 Å². The Labute approximate surface area is 120 Å². The first-order valence-corrected chi connectivity index (χ1v) is 7.55. The van der Waals surface area contributed by atoms with Crippen LogP contribution in [0.5, 0.6) is 0 Å². The molecule has 1 nitrogen and oxygen atoms in total. The van der Waals surface area contributed by atoms with Crippen molar-refractivity contribution < 1.29 is 4.39 Å². The van der Waals surface area contributed by atoms with E-state index in [2.05, 4.69) is 25.7 Å². The highest BCUT2D eigenvalue weighted by Crippen LogP contribution is 2.37. The standard InChI is InChI=1S/C16H23ClFN/c1-16(2,3)13-7-9-19(10-8-13)15-12(11-17)5-4-6-14(15)18/h4-6,13H,7-11H2,1-3H3. The average Bonchev–Trinajstić information content (AvgIpc) is 2.37. The Hall–Kier alpha value is -0.760. The van der Waals surface area contributed by atoms with Crippen LogP contribution in [0.3, 0.4) is 0 Å². The number of hydrogen-bond acceptors (Lipinski definition) is 1. The van der Waals surface area contributed by atoms with Crippen molar-refractivity contribution in [2.24, 2.45) is 11.3 Å². The molecule has 1 saturated heterocycles. The van der Waals surface area contributed by atoms with E-state index in [1.807, 2.05) is 6.07 Å². The minimum Gasteiger partial charge on any atom is -0.369 e.